The van der Waals surface area contributed by atoms with Gasteiger partial charge in [-0.05, 0) is 43.3 Å². The lowest BCUT2D eigenvalue weighted by atomic mass is 10.0. The minimum absolute atomic E-state index is 0.189. The molecule has 0 aromatic heterocycles. The van der Waals surface area contributed by atoms with E-state index in [0.29, 0.717) is 15.2 Å². The molecule has 0 aliphatic carbocycles. The van der Waals surface area contributed by atoms with Crippen LogP contribution in [0.2, 0.25) is 5.02 Å². The molecule has 2 aromatic carbocycles. The molecule has 2 rings (SSSR count). The molecule has 2 nitrogen and oxygen atoms in total. The predicted molar refractivity (Wildman–Crippen MR) is 80.6 cm³/mol. The zero-order valence-corrected chi connectivity index (χ0v) is 13.0. The van der Waals surface area contributed by atoms with Gasteiger partial charge in [-0.2, -0.15) is 0 Å². The van der Waals surface area contributed by atoms with Crippen molar-refractivity contribution in [3.05, 3.63) is 63.3 Å². The van der Waals surface area contributed by atoms with Crippen molar-refractivity contribution < 1.29 is 14.2 Å². The molecule has 1 N–H and O–H groups in total. The van der Waals surface area contributed by atoms with Crippen LogP contribution in [0.5, 0.6) is 5.75 Å². The van der Waals surface area contributed by atoms with Crippen molar-refractivity contribution in [3.8, 4) is 5.75 Å². The molecule has 5 heteroatoms. The number of aliphatic hydroxyl groups is 1. The van der Waals surface area contributed by atoms with E-state index >= 15 is 0 Å². The van der Waals surface area contributed by atoms with E-state index in [1.165, 1.54) is 12.1 Å². The van der Waals surface area contributed by atoms with Crippen LogP contribution in [0.3, 0.4) is 0 Å². The number of rotatable bonds is 4. The Hall–Kier alpha value is -1.10. The molecular formula is C15H13BrClFO2. The van der Waals surface area contributed by atoms with Gasteiger partial charge in [-0.1, -0.05) is 33.6 Å². The van der Waals surface area contributed by atoms with Gasteiger partial charge in [0, 0.05) is 15.1 Å². The molecule has 0 bridgehead atoms. The third-order valence-electron chi connectivity index (χ3n) is 2.84. The second-order valence-electron chi connectivity index (χ2n) is 4.39. The van der Waals surface area contributed by atoms with E-state index in [0.717, 1.165) is 0 Å². The molecule has 20 heavy (non-hydrogen) atoms. The highest BCUT2D eigenvalue weighted by Crippen LogP contribution is 2.27. The lowest BCUT2D eigenvalue weighted by Crippen LogP contribution is -2.22. The van der Waals surface area contributed by atoms with E-state index in [1.807, 2.05) is 0 Å². The summed E-state index contributed by atoms with van der Waals surface area (Å²) < 4.78 is 20.0. The lowest BCUT2D eigenvalue weighted by Gasteiger charge is -2.21. The van der Waals surface area contributed by atoms with Crippen LogP contribution >= 0.6 is 27.5 Å². The Morgan fingerprint density at radius 2 is 2.00 bits per heavy atom. The highest BCUT2D eigenvalue weighted by Gasteiger charge is 2.21. The minimum atomic E-state index is -1.08. The molecule has 0 aliphatic rings. The summed E-state index contributed by atoms with van der Waals surface area (Å²) in [4.78, 5) is 0. The molecule has 106 valence electrons. The van der Waals surface area contributed by atoms with Crippen LogP contribution < -0.4 is 4.74 Å². The molecule has 0 heterocycles. The van der Waals surface area contributed by atoms with Gasteiger partial charge in [0.1, 0.15) is 23.8 Å². The summed E-state index contributed by atoms with van der Waals surface area (Å²) in [6.07, 6.45) is -1.69. The zero-order chi connectivity index (χ0) is 14.7. The van der Waals surface area contributed by atoms with Crippen molar-refractivity contribution in [2.75, 3.05) is 0 Å². The molecule has 0 fully saturated rings. The smallest absolute Gasteiger partial charge is 0.129 e. The van der Waals surface area contributed by atoms with Gasteiger partial charge in [0.2, 0.25) is 0 Å². The summed E-state index contributed by atoms with van der Waals surface area (Å²) in [6.45, 7) is 1.67. The summed E-state index contributed by atoms with van der Waals surface area (Å²) in [5.41, 5.74) is 0.189. The van der Waals surface area contributed by atoms with Crippen molar-refractivity contribution in [1.82, 2.24) is 0 Å². The first-order valence-corrected chi connectivity index (χ1v) is 7.19. The Labute approximate surface area is 130 Å². The average molecular weight is 360 g/mol. The Balaban J connectivity index is 2.16. The number of hydrogen-bond donors (Lipinski definition) is 1. The summed E-state index contributed by atoms with van der Waals surface area (Å²) >= 11 is 9.12. The monoisotopic (exact) mass is 358 g/mol. The fourth-order valence-electron chi connectivity index (χ4n) is 1.81. The standard InChI is InChI=1S/C15H13BrClFO2/c1-9(20-12-4-2-3-11(17)8-12)15(19)13-7-10(16)5-6-14(13)18/h2-9,15,19H,1H3. The largest absolute Gasteiger partial charge is 0.488 e. The van der Waals surface area contributed by atoms with Crippen LogP contribution in [0, 0.1) is 5.82 Å². The SMILES string of the molecule is CC(Oc1cccc(Cl)c1)C(O)c1cc(Br)ccc1F. The first kappa shape index (κ1) is 15.3. The van der Waals surface area contributed by atoms with Gasteiger partial charge in [0.15, 0.2) is 0 Å². The molecule has 0 amide bonds. The number of benzene rings is 2. The van der Waals surface area contributed by atoms with E-state index in [4.69, 9.17) is 16.3 Å². The van der Waals surface area contributed by atoms with Gasteiger partial charge < -0.3 is 9.84 Å². The maximum atomic E-state index is 13.7. The average Bonchev–Trinajstić information content (AvgIpc) is 2.40. The van der Waals surface area contributed by atoms with Crippen molar-refractivity contribution in [3.63, 3.8) is 0 Å². The van der Waals surface area contributed by atoms with Gasteiger partial charge in [-0.3, -0.25) is 0 Å². The quantitative estimate of drug-likeness (QED) is 0.854. The Morgan fingerprint density at radius 1 is 1.25 bits per heavy atom. The third-order valence-corrected chi connectivity index (χ3v) is 3.57. The molecule has 2 atom stereocenters. The Bertz CT molecular complexity index is 606. The molecule has 0 aliphatic heterocycles. The van der Waals surface area contributed by atoms with Crippen LogP contribution in [0.25, 0.3) is 0 Å². The van der Waals surface area contributed by atoms with Gasteiger partial charge in [0.05, 0.1) is 0 Å². The van der Waals surface area contributed by atoms with Crippen molar-refractivity contribution in [2.24, 2.45) is 0 Å². The molecule has 2 unspecified atom stereocenters. The number of aliphatic hydroxyl groups excluding tert-OH is 1. The fourth-order valence-corrected chi connectivity index (χ4v) is 2.37. The van der Waals surface area contributed by atoms with Crippen molar-refractivity contribution in [2.45, 2.75) is 19.1 Å². The van der Waals surface area contributed by atoms with Crippen LogP contribution in [0.1, 0.15) is 18.6 Å². The first-order valence-electron chi connectivity index (χ1n) is 6.02. The lowest BCUT2D eigenvalue weighted by molar-refractivity contribution is 0.0443. The molecule has 0 saturated heterocycles. The maximum absolute atomic E-state index is 13.7. The zero-order valence-electron chi connectivity index (χ0n) is 10.7. The van der Waals surface area contributed by atoms with E-state index in [2.05, 4.69) is 15.9 Å². The van der Waals surface area contributed by atoms with E-state index in [9.17, 15) is 9.50 Å². The van der Waals surface area contributed by atoms with Crippen LogP contribution in [0.4, 0.5) is 4.39 Å². The second kappa shape index (κ2) is 6.57. The molecule has 0 spiro atoms. The van der Waals surface area contributed by atoms with Crippen molar-refractivity contribution in [1.29, 1.82) is 0 Å². The summed E-state index contributed by atoms with van der Waals surface area (Å²) in [5.74, 6) is 0.0571. The summed E-state index contributed by atoms with van der Waals surface area (Å²) in [7, 11) is 0. The topological polar surface area (TPSA) is 29.5 Å². The van der Waals surface area contributed by atoms with E-state index < -0.39 is 18.0 Å². The molecular weight excluding hydrogens is 347 g/mol. The predicted octanol–water partition coefficient (Wildman–Crippen LogP) is 4.74. The van der Waals surface area contributed by atoms with E-state index in [-0.39, 0.29) is 5.56 Å². The molecule has 2 aromatic rings. The van der Waals surface area contributed by atoms with Crippen LogP contribution in [-0.4, -0.2) is 11.2 Å². The van der Waals surface area contributed by atoms with Gasteiger partial charge in [-0.15, -0.1) is 0 Å². The van der Waals surface area contributed by atoms with Gasteiger partial charge in [-0.25, -0.2) is 4.39 Å². The third kappa shape index (κ3) is 3.72. The maximum Gasteiger partial charge on any atom is 0.129 e. The molecule has 0 radical (unpaired) electrons. The number of hydrogen-bond acceptors (Lipinski definition) is 2. The van der Waals surface area contributed by atoms with Crippen LogP contribution in [0.15, 0.2) is 46.9 Å². The van der Waals surface area contributed by atoms with E-state index in [1.54, 1.807) is 37.3 Å². The number of halogens is 3. The van der Waals surface area contributed by atoms with Crippen LogP contribution in [-0.2, 0) is 0 Å². The van der Waals surface area contributed by atoms with Gasteiger partial charge >= 0.3 is 0 Å². The Kier molecular flexibility index (Phi) is 5.02. The summed E-state index contributed by atoms with van der Waals surface area (Å²) in [5, 5.41) is 10.7. The highest BCUT2D eigenvalue weighted by molar-refractivity contribution is 9.10. The van der Waals surface area contributed by atoms with Crippen molar-refractivity contribution >= 4 is 27.5 Å². The fraction of sp³-hybridized carbons (Fsp3) is 0.200. The number of ether oxygens (including phenoxy) is 1. The van der Waals surface area contributed by atoms with Gasteiger partial charge in [0.25, 0.3) is 0 Å². The minimum Gasteiger partial charge on any atom is -0.488 e. The first-order chi connectivity index (χ1) is 9.47. The highest BCUT2D eigenvalue weighted by atomic mass is 79.9. The normalized spacial score (nSPS) is 13.8. The molecule has 0 saturated carbocycles. The second-order valence-corrected chi connectivity index (χ2v) is 5.74. The Morgan fingerprint density at radius 3 is 2.70 bits per heavy atom. The summed E-state index contributed by atoms with van der Waals surface area (Å²) in [6, 6.07) is 11.3.